The van der Waals surface area contributed by atoms with Crippen molar-refractivity contribution in [3.8, 4) is 0 Å². The molecule has 0 amide bonds. The highest BCUT2D eigenvalue weighted by molar-refractivity contribution is 5.40. The summed E-state index contributed by atoms with van der Waals surface area (Å²) in [4.78, 5) is 0. The van der Waals surface area contributed by atoms with Gasteiger partial charge in [0.15, 0.2) is 0 Å². The average Bonchev–Trinajstić information content (AvgIpc) is 2.70. The fourth-order valence-electron chi connectivity index (χ4n) is 2.69. The Kier molecular flexibility index (Phi) is 3.77. The van der Waals surface area contributed by atoms with Crippen LogP contribution in [0.4, 0.5) is 8.78 Å². The van der Waals surface area contributed by atoms with Crippen LogP contribution in [0.3, 0.4) is 0 Å². The molecule has 0 saturated carbocycles. The molecule has 0 radical (unpaired) electrons. The third-order valence-corrected chi connectivity index (χ3v) is 3.68. The lowest BCUT2D eigenvalue weighted by atomic mass is 9.82. The van der Waals surface area contributed by atoms with Gasteiger partial charge in [-0.15, -0.1) is 0 Å². The molecule has 1 atom stereocenters. The minimum atomic E-state index is -2.30. The van der Waals surface area contributed by atoms with Crippen molar-refractivity contribution in [2.45, 2.75) is 38.0 Å². The molecule has 94 valence electrons. The summed E-state index contributed by atoms with van der Waals surface area (Å²) in [6.07, 6.45) is 0.00577. The van der Waals surface area contributed by atoms with Gasteiger partial charge in [0, 0.05) is 6.54 Å². The van der Waals surface area contributed by atoms with E-state index in [1.54, 1.807) is 0 Å². The molecule has 1 aromatic rings. The molecule has 0 spiro atoms. The van der Waals surface area contributed by atoms with Crippen molar-refractivity contribution in [2.75, 3.05) is 13.1 Å². The molecule has 0 heterocycles. The number of halogens is 2. The topological polar surface area (TPSA) is 12.0 Å². The SMILES string of the molecule is CCCNCC1(C(F)F)CCc2ccccc21. The molecule has 0 fully saturated rings. The summed E-state index contributed by atoms with van der Waals surface area (Å²) in [7, 11) is 0. The lowest BCUT2D eigenvalue weighted by Crippen LogP contribution is -2.42. The van der Waals surface area contributed by atoms with E-state index in [4.69, 9.17) is 0 Å². The molecule has 1 aromatic carbocycles. The summed E-state index contributed by atoms with van der Waals surface area (Å²) in [5.74, 6) is 0. The Hall–Kier alpha value is -0.960. The van der Waals surface area contributed by atoms with E-state index in [1.807, 2.05) is 31.2 Å². The van der Waals surface area contributed by atoms with Crippen molar-refractivity contribution in [3.05, 3.63) is 35.4 Å². The highest BCUT2D eigenvalue weighted by atomic mass is 19.3. The molecule has 0 bridgehead atoms. The van der Waals surface area contributed by atoms with E-state index in [0.717, 1.165) is 30.5 Å². The van der Waals surface area contributed by atoms with Crippen LogP contribution in [0.25, 0.3) is 0 Å². The molecular formula is C14H19F2N. The van der Waals surface area contributed by atoms with Gasteiger partial charge in [0.05, 0.1) is 5.41 Å². The summed E-state index contributed by atoms with van der Waals surface area (Å²) in [5, 5.41) is 3.16. The summed E-state index contributed by atoms with van der Waals surface area (Å²) < 4.78 is 26.9. The summed E-state index contributed by atoms with van der Waals surface area (Å²) in [5.41, 5.74) is 0.968. The molecule has 1 nitrogen and oxygen atoms in total. The van der Waals surface area contributed by atoms with Crippen molar-refractivity contribution in [1.29, 1.82) is 0 Å². The van der Waals surface area contributed by atoms with Crippen molar-refractivity contribution < 1.29 is 8.78 Å². The smallest absolute Gasteiger partial charge is 0.249 e. The summed E-state index contributed by atoms with van der Waals surface area (Å²) >= 11 is 0. The first-order chi connectivity index (χ1) is 8.20. The molecule has 0 aromatic heterocycles. The Morgan fingerprint density at radius 2 is 2.12 bits per heavy atom. The van der Waals surface area contributed by atoms with E-state index in [2.05, 4.69) is 5.32 Å². The minimum Gasteiger partial charge on any atom is -0.316 e. The van der Waals surface area contributed by atoms with Crippen LogP contribution >= 0.6 is 0 Å². The van der Waals surface area contributed by atoms with E-state index >= 15 is 0 Å². The maximum absolute atomic E-state index is 13.5. The molecule has 1 N–H and O–H groups in total. The van der Waals surface area contributed by atoms with Gasteiger partial charge >= 0.3 is 0 Å². The van der Waals surface area contributed by atoms with E-state index < -0.39 is 11.8 Å². The van der Waals surface area contributed by atoms with Crippen molar-refractivity contribution in [3.63, 3.8) is 0 Å². The Morgan fingerprint density at radius 3 is 2.82 bits per heavy atom. The van der Waals surface area contributed by atoms with E-state index in [9.17, 15) is 8.78 Å². The van der Waals surface area contributed by atoms with Crippen molar-refractivity contribution in [2.24, 2.45) is 0 Å². The van der Waals surface area contributed by atoms with E-state index in [0.29, 0.717) is 13.0 Å². The van der Waals surface area contributed by atoms with Crippen molar-refractivity contribution in [1.82, 2.24) is 5.32 Å². The van der Waals surface area contributed by atoms with Gasteiger partial charge in [-0.05, 0) is 36.9 Å². The lowest BCUT2D eigenvalue weighted by Gasteiger charge is -2.30. The van der Waals surface area contributed by atoms with Crippen LogP contribution in [0.5, 0.6) is 0 Å². The van der Waals surface area contributed by atoms with Gasteiger partial charge in [-0.3, -0.25) is 0 Å². The van der Waals surface area contributed by atoms with E-state index in [-0.39, 0.29) is 0 Å². The molecule has 3 heteroatoms. The molecule has 1 aliphatic carbocycles. The Labute approximate surface area is 101 Å². The number of aryl methyl sites for hydroxylation is 1. The van der Waals surface area contributed by atoms with Gasteiger partial charge in [0.25, 0.3) is 0 Å². The van der Waals surface area contributed by atoms with Crippen LogP contribution < -0.4 is 5.32 Å². The van der Waals surface area contributed by atoms with Crippen LogP contribution in [-0.2, 0) is 11.8 Å². The van der Waals surface area contributed by atoms with E-state index in [1.165, 1.54) is 0 Å². The number of nitrogens with one attached hydrogen (secondary N) is 1. The fraction of sp³-hybridized carbons (Fsp3) is 0.571. The molecule has 1 aliphatic rings. The normalized spacial score (nSPS) is 23.1. The third kappa shape index (κ3) is 2.21. The molecule has 0 aliphatic heterocycles. The maximum Gasteiger partial charge on any atom is 0.249 e. The maximum atomic E-state index is 13.5. The lowest BCUT2D eigenvalue weighted by molar-refractivity contribution is 0.0491. The zero-order chi connectivity index (χ0) is 12.3. The number of fused-ring (bicyclic) bond motifs is 1. The quantitative estimate of drug-likeness (QED) is 0.778. The zero-order valence-electron chi connectivity index (χ0n) is 10.2. The third-order valence-electron chi connectivity index (χ3n) is 3.68. The Balaban J connectivity index is 2.24. The van der Waals surface area contributed by atoms with Gasteiger partial charge in [-0.25, -0.2) is 8.78 Å². The molecule has 17 heavy (non-hydrogen) atoms. The van der Waals surface area contributed by atoms with Crippen LogP contribution in [0.2, 0.25) is 0 Å². The number of benzene rings is 1. The molecule has 1 unspecified atom stereocenters. The fourth-order valence-corrected chi connectivity index (χ4v) is 2.69. The average molecular weight is 239 g/mol. The van der Waals surface area contributed by atoms with Gasteiger partial charge in [0.1, 0.15) is 0 Å². The van der Waals surface area contributed by atoms with Crippen LogP contribution in [-0.4, -0.2) is 19.5 Å². The largest absolute Gasteiger partial charge is 0.316 e. The first-order valence-electron chi connectivity index (χ1n) is 6.28. The summed E-state index contributed by atoms with van der Waals surface area (Å²) in [6, 6.07) is 7.63. The zero-order valence-corrected chi connectivity index (χ0v) is 10.2. The van der Waals surface area contributed by atoms with Crippen LogP contribution in [0.1, 0.15) is 30.9 Å². The van der Waals surface area contributed by atoms with Gasteiger partial charge in [-0.1, -0.05) is 31.2 Å². The van der Waals surface area contributed by atoms with Gasteiger partial charge in [0.2, 0.25) is 6.43 Å². The predicted octanol–water partition coefficient (Wildman–Crippen LogP) is 3.14. The second kappa shape index (κ2) is 5.13. The Bertz CT molecular complexity index is 378. The molecule has 2 rings (SSSR count). The molecular weight excluding hydrogens is 220 g/mol. The standard InChI is InChI=1S/C14H19F2N/c1-2-9-17-10-14(13(15)16)8-7-11-5-3-4-6-12(11)14/h3-6,13,17H,2,7-10H2,1H3. The number of rotatable bonds is 5. The first-order valence-corrected chi connectivity index (χ1v) is 6.28. The minimum absolute atomic E-state index is 0.384. The number of hydrogen-bond donors (Lipinski definition) is 1. The second-order valence-corrected chi connectivity index (χ2v) is 4.79. The second-order valence-electron chi connectivity index (χ2n) is 4.79. The highest BCUT2D eigenvalue weighted by Gasteiger charge is 2.45. The highest BCUT2D eigenvalue weighted by Crippen LogP contribution is 2.42. The van der Waals surface area contributed by atoms with Crippen molar-refractivity contribution >= 4 is 0 Å². The van der Waals surface area contributed by atoms with Crippen LogP contribution in [0, 0.1) is 0 Å². The van der Waals surface area contributed by atoms with Crippen LogP contribution in [0.15, 0.2) is 24.3 Å². The Morgan fingerprint density at radius 1 is 1.35 bits per heavy atom. The van der Waals surface area contributed by atoms with Gasteiger partial charge < -0.3 is 5.32 Å². The van der Waals surface area contributed by atoms with Gasteiger partial charge in [-0.2, -0.15) is 0 Å². The molecule has 0 saturated heterocycles. The first kappa shape index (κ1) is 12.5. The monoisotopic (exact) mass is 239 g/mol. The summed E-state index contributed by atoms with van der Waals surface area (Å²) in [6.45, 7) is 3.23. The predicted molar refractivity (Wildman–Crippen MR) is 65.6 cm³/mol. The number of alkyl halides is 2. The number of hydrogen-bond acceptors (Lipinski definition) is 1.